The fraction of sp³-hybridized carbons (Fsp3) is 0.273. The minimum Gasteiger partial charge on any atom is -0.493 e. The zero-order valence-corrected chi connectivity index (χ0v) is 17.7. The maximum Gasteiger partial charge on any atom is 0.416 e. The Kier molecular flexibility index (Phi) is 7.37. The fourth-order valence-corrected chi connectivity index (χ4v) is 2.95. The predicted molar refractivity (Wildman–Crippen MR) is 117 cm³/mol. The summed E-state index contributed by atoms with van der Waals surface area (Å²) in [5.74, 6) is 0.640. The predicted octanol–water partition coefficient (Wildman–Crippen LogP) is 5.07. The molecule has 0 bridgehead atoms. The van der Waals surface area contributed by atoms with Crippen molar-refractivity contribution in [3.05, 3.63) is 60.3 Å². The molecule has 0 aliphatic heterocycles. The highest BCUT2D eigenvalue weighted by Crippen LogP contribution is 2.32. The van der Waals surface area contributed by atoms with Crippen molar-refractivity contribution in [2.75, 3.05) is 37.9 Å². The molecule has 0 unspecified atom stereocenters. The molecule has 0 saturated heterocycles. The van der Waals surface area contributed by atoms with Crippen LogP contribution in [0.15, 0.2) is 54.7 Å². The molecule has 0 spiro atoms. The van der Waals surface area contributed by atoms with E-state index in [2.05, 4.69) is 25.7 Å². The molecule has 1 aromatic heterocycles. The zero-order valence-electron chi connectivity index (χ0n) is 17.7. The van der Waals surface area contributed by atoms with Crippen molar-refractivity contribution in [3.8, 4) is 17.0 Å². The number of aromatic amines is 1. The van der Waals surface area contributed by atoms with Gasteiger partial charge in [0, 0.05) is 29.7 Å². The Balaban J connectivity index is 1.68. The first-order valence-corrected chi connectivity index (χ1v) is 9.89. The number of ether oxygens (including phenoxy) is 1. The van der Waals surface area contributed by atoms with Gasteiger partial charge in [0.15, 0.2) is 0 Å². The number of carbonyl (C=O) groups excluding carboxylic acids is 1. The first kappa shape index (κ1) is 23.1. The van der Waals surface area contributed by atoms with E-state index in [-0.39, 0.29) is 5.69 Å². The number of amides is 2. The molecule has 3 rings (SSSR count). The van der Waals surface area contributed by atoms with Gasteiger partial charge >= 0.3 is 12.2 Å². The monoisotopic (exact) mass is 447 g/mol. The van der Waals surface area contributed by atoms with E-state index in [0.29, 0.717) is 18.0 Å². The first-order valence-electron chi connectivity index (χ1n) is 9.89. The van der Waals surface area contributed by atoms with Gasteiger partial charge in [-0.3, -0.25) is 5.10 Å². The van der Waals surface area contributed by atoms with Crippen LogP contribution in [0.25, 0.3) is 11.3 Å². The van der Waals surface area contributed by atoms with Gasteiger partial charge in [0.25, 0.3) is 0 Å². The van der Waals surface area contributed by atoms with Gasteiger partial charge in [0.2, 0.25) is 0 Å². The van der Waals surface area contributed by atoms with Crippen LogP contribution < -0.4 is 15.4 Å². The van der Waals surface area contributed by atoms with Crippen LogP contribution in [0, 0.1) is 0 Å². The van der Waals surface area contributed by atoms with E-state index in [1.807, 2.05) is 14.1 Å². The number of aromatic nitrogens is 2. The highest BCUT2D eigenvalue weighted by molar-refractivity contribution is 6.00. The minimum atomic E-state index is -4.43. The van der Waals surface area contributed by atoms with Crippen molar-refractivity contribution >= 4 is 17.4 Å². The molecule has 0 saturated carbocycles. The molecule has 0 aliphatic carbocycles. The lowest BCUT2D eigenvalue weighted by Crippen LogP contribution is -2.19. The third-order valence-electron chi connectivity index (χ3n) is 4.51. The molecular weight excluding hydrogens is 423 g/mol. The molecule has 3 aromatic rings. The van der Waals surface area contributed by atoms with Gasteiger partial charge < -0.3 is 20.3 Å². The van der Waals surface area contributed by atoms with E-state index in [4.69, 9.17) is 4.74 Å². The Morgan fingerprint density at radius 2 is 1.75 bits per heavy atom. The van der Waals surface area contributed by atoms with Gasteiger partial charge in [-0.05, 0) is 69.0 Å². The van der Waals surface area contributed by atoms with Crippen LogP contribution in [0.1, 0.15) is 12.0 Å². The number of anilines is 2. The Bertz CT molecular complexity index is 1020. The van der Waals surface area contributed by atoms with E-state index in [9.17, 15) is 18.0 Å². The molecule has 2 amide bonds. The molecule has 0 fully saturated rings. The molecule has 32 heavy (non-hydrogen) atoms. The molecule has 2 aromatic carbocycles. The average molecular weight is 447 g/mol. The summed E-state index contributed by atoms with van der Waals surface area (Å²) in [7, 11) is 3.98. The van der Waals surface area contributed by atoms with Gasteiger partial charge in [0.05, 0.1) is 17.9 Å². The number of nitrogens with zero attached hydrogens (tertiary/aromatic N) is 2. The number of H-pyrrole nitrogens is 1. The fourth-order valence-electron chi connectivity index (χ4n) is 2.95. The van der Waals surface area contributed by atoms with Gasteiger partial charge in [-0.25, -0.2) is 4.79 Å². The third kappa shape index (κ3) is 6.48. The molecule has 7 nitrogen and oxygen atoms in total. The van der Waals surface area contributed by atoms with Crippen molar-refractivity contribution in [1.82, 2.24) is 15.1 Å². The van der Waals surface area contributed by atoms with Crippen LogP contribution in [0.4, 0.5) is 29.3 Å². The van der Waals surface area contributed by atoms with Crippen LogP contribution in [-0.4, -0.2) is 48.4 Å². The van der Waals surface area contributed by atoms with Gasteiger partial charge in [0.1, 0.15) is 5.75 Å². The molecule has 170 valence electrons. The lowest BCUT2D eigenvalue weighted by atomic mass is 10.1. The largest absolute Gasteiger partial charge is 0.493 e. The number of nitrogens with one attached hydrogen (secondary N) is 3. The molecule has 10 heteroatoms. The van der Waals surface area contributed by atoms with Crippen molar-refractivity contribution in [2.45, 2.75) is 12.6 Å². The van der Waals surface area contributed by atoms with Crippen molar-refractivity contribution < 1.29 is 22.7 Å². The molecule has 3 N–H and O–H groups in total. The summed E-state index contributed by atoms with van der Waals surface area (Å²) in [6, 6.07) is 10.6. The third-order valence-corrected chi connectivity index (χ3v) is 4.51. The van der Waals surface area contributed by atoms with Crippen molar-refractivity contribution in [2.24, 2.45) is 0 Å². The van der Waals surface area contributed by atoms with E-state index in [1.54, 1.807) is 30.5 Å². The van der Waals surface area contributed by atoms with E-state index >= 15 is 0 Å². The molecule has 0 atom stereocenters. The second-order valence-corrected chi connectivity index (χ2v) is 7.34. The molecule has 0 aliphatic rings. The van der Waals surface area contributed by atoms with Gasteiger partial charge in [-0.1, -0.05) is 0 Å². The summed E-state index contributed by atoms with van der Waals surface area (Å²) in [4.78, 5) is 14.4. The molecular formula is C22H24F3N5O2. The number of carbonyl (C=O) groups is 1. The number of urea groups is 1. The SMILES string of the molecule is CN(C)CCCOc1ccc(NC(=O)Nc2ccc(C(F)(F)F)cc2)cc1-c1ccn[nH]1. The summed E-state index contributed by atoms with van der Waals surface area (Å²) in [6.07, 6.45) is -1.96. The summed E-state index contributed by atoms with van der Waals surface area (Å²) < 4.78 is 43.9. The summed E-state index contributed by atoms with van der Waals surface area (Å²) in [6.45, 7) is 1.42. The smallest absolute Gasteiger partial charge is 0.416 e. The van der Waals surface area contributed by atoms with Crippen molar-refractivity contribution in [1.29, 1.82) is 0 Å². The Hall–Kier alpha value is -3.53. The van der Waals surface area contributed by atoms with Crippen LogP contribution in [0.3, 0.4) is 0 Å². The Morgan fingerprint density at radius 1 is 1.06 bits per heavy atom. The lowest BCUT2D eigenvalue weighted by molar-refractivity contribution is -0.137. The average Bonchev–Trinajstić information content (AvgIpc) is 3.26. The van der Waals surface area contributed by atoms with E-state index in [0.717, 1.165) is 36.4 Å². The topological polar surface area (TPSA) is 82.3 Å². The Labute approximate surface area is 183 Å². The molecule has 1 heterocycles. The van der Waals surface area contributed by atoms with Crippen LogP contribution >= 0.6 is 0 Å². The second kappa shape index (κ2) is 10.2. The summed E-state index contributed by atoms with van der Waals surface area (Å²) in [5.41, 5.74) is 1.39. The number of hydrogen-bond donors (Lipinski definition) is 3. The Morgan fingerprint density at radius 3 is 2.38 bits per heavy atom. The number of halogens is 3. The van der Waals surface area contributed by atoms with E-state index in [1.165, 1.54) is 12.1 Å². The zero-order chi connectivity index (χ0) is 23.1. The van der Waals surface area contributed by atoms with Crippen LogP contribution in [0.2, 0.25) is 0 Å². The van der Waals surface area contributed by atoms with E-state index < -0.39 is 17.8 Å². The normalized spacial score (nSPS) is 11.4. The van der Waals surface area contributed by atoms with Gasteiger partial charge in [-0.2, -0.15) is 18.3 Å². The number of hydrogen-bond acceptors (Lipinski definition) is 4. The highest BCUT2D eigenvalue weighted by Gasteiger charge is 2.30. The first-order chi connectivity index (χ1) is 15.2. The maximum absolute atomic E-state index is 12.7. The van der Waals surface area contributed by atoms with Gasteiger partial charge in [-0.15, -0.1) is 0 Å². The quantitative estimate of drug-likeness (QED) is 0.421. The lowest BCUT2D eigenvalue weighted by Gasteiger charge is -2.15. The van der Waals surface area contributed by atoms with Crippen molar-refractivity contribution in [3.63, 3.8) is 0 Å². The summed E-state index contributed by atoms with van der Waals surface area (Å²) in [5, 5.41) is 12.0. The highest BCUT2D eigenvalue weighted by atomic mass is 19.4. The minimum absolute atomic E-state index is 0.241. The maximum atomic E-state index is 12.7. The number of rotatable bonds is 8. The molecule has 0 radical (unpaired) electrons. The second-order valence-electron chi connectivity index (χ2n) is 7.34. The van der Waals surface area contributed by atoms with Crippen LogP contribution in [0.5, 0.6) is 5.75 Å². The van der Waals surface area contributed by atoms with Crippen LogP contribution in [-0.2, 0) is 6.18 Å². The standard InChI is InChI=1S/C22H24F3N5O2/c1-30(2)12-3-13-32-20-9-8-17(14-18(20)19-10-11-26-29-19)28-21(31)27-16-6-4-15(5-7-16)22(23,24)25/h4-11,14H,3,12-13H2,1-2H3,(H,26,29)(H2,27,28,31). The summed E-state index contributed by atoms with van der Waals surface area (Å²) >= 11 is 0. The number of alkyl halides is 3. The number of benzene rings is 2.